The van der Waals surface area contributed by atoms with Crippen LogP contribution >= 0.6 is 0 Å². The summed E-state index contributed by atoms with van der Waals surface area (Å²) in [5.41, 5.74) is 2.23. The average Bonchev–Trinajstić information content (AvgIpc) is 2.44. The molecular weight excluding hydrogens is 274 g/mol. The van der Waals surface area contributed by atoms with E-state index >= 15 is 0 Å². The summed E-state index contributed by atoms with van der Waals surface area (Å²) >= 11 is 0. The number of urea groups is 1. The standard InChI is InChI=1S/C16H16F2N2O/c1-11-2-4-12(5-3-11)8-9-19-16(21)20-15-7-6-13(17)10-14(15)18/h2-7,10H,8-9H2,1H3,(H2,19,20,21). The summed E-state index contributed by atoms with van der Waals surface area (Å²) in [7, 11) is 0. The lowest BCUT2D eigenvalue weighted by Crippen LogP contribution is -2.30. The van der Waals surface area contributed by atoms with Gasteiger partial charge in [0.25, 0.3) is 0 Å². The minimum absolute atomic E-state index is 0.0516. The molecule has 0 heterocycles. The van der Waals surface area contributed by atoms with E-state index in [2.05, 4.69) is 10.6 Å². The summed E-state index contributed by atoms with van der Waals surface area (Å²) in [6, 6.07) is 10.5. The highest BCUT2D eigenvalue weighted by Gasteiger charge is 2.07. The summed E-state index contributed by atoms with van der Waals surface area (Å²) in [4.78, 5) is 11.6. The van der Waals surface area contributed by atoms with Crippen LogP contribution in [0.25, 0.3) is 0 Å². The number of rotatable bonds is 4. The quantitative estimate of drug-likeness (QED) is 0.887. The average molecular weight is 290 g/mol. The number of amides is 2. The predicted molar refractivity (Wildman–Crippen MR) is 78.3 cm³/mol. The van der Waals surface area contributed by atoms with Crippen molar-refractivity contribution in [2.45, 2.75) is 13.3 Å². The van der Waals surface area contributed by atoms with Gasteiger partial charge < -0.3 is 10.6 Å². The molecule has 0 aromatic heterocycles. The molecule has 0 bridgehead atoms. The molecule has 2 aromatic rings. The highest BCUT2D eigenvalue weighted by molar-refractivity contribution is 5.89. The molecule has 0 saturated heterocycles. The summed E-state index contributed by atoms with van der Waals surface area (Å²) in [5.74, 6) is -1.48. The molecule has 0 fully saturated rings. The summed E-state index contributed by atoms with van der Waals surface area (Å²) in [6.45, 7) is 2.43. The van der Waals surface area contributed by atoms with Crippen molar-refractivity contribution in [2.75, 3.05) is 11.9 Å². The number of hydrogen-bond donors (Lipinski definition) is 2. The van der Waals surface area contributed by atoms with Crippen molar-refractivity contribution in [3.63, 3.8) is 0 Å². The van der Waals surface area contributed by atoms with Crippen LogP contribution in [0, 0.1) is 18.6 Å². The lowest BCUT2D eigenvalue weighted by Gasteiger charge is -2.08. The summed E-state index contributed by atoms with van der Waals surface area (Å²) < 4.78 is 26.1. The fourth-order valence-electron chi connectivity index (χ4n) is 1.83. The Bertz CT molecular complexity index is 627. The molecule has 110 valence electrons. The van der Waals surface area contributed by atoms with E-state index in [4.69, 9.17) is 0 Å². The molecule has 0 spiro atoms. The number of nitrogens with one attached hydrogen (secondary N) is 2. The first kappa shape index (κ1) is 15.0. The van der Waals surface area contributed by atoms with Crippen LogP contribution in [-0.4, -0.2) is 12.6 Å². The highest BCUT2D eigenvalue weighted by atomic mass is 19.1. The van der Waals surface area contributed by atoms with E-state index in [0.29, 0.717) is 13.0 Å². The van der Waals surface area contributed by atoms with Crippen LogP contribution in [0.15, 0.2) is 42.5 Å². The van der Waals surface area contributed by atoms with Gasteiger partial charge in [-0.05, 0) is 31.0 Å². The van der Waals surface area contributed by atoms with Crippen LogP contribution in [0.4, 0.5) is 19.3 Å². The zero-order valence-electron chi connectivity index (χ0n) is 11.6. The van der Waals surface area contributed by atoms with E-state index in [1.54, 1.807) is 0 Å². The Kier molecular flexibility index (Phi) is 4.87. The van der Waals surface area contributed by atoms with Crippen molar-refractivity contribution in [2.24, 2.45) is 0 Å². The number of anilines is 1. The number of aryl methyl sites for hydroxylation is 1. The van der Waals surface area contributed by atoms with Gasteiger partial charge >= 0.3 is 6.03 Å². The first-order chi connectivity index (χ1) is 10.0. The number of halogens is 2. The lowest BCUT2D eigenvalue weighted by molar-refractivity contribution is 0.252. The monoisotopic (exact) mass is 290 g/mol. The molecule has 2 aromatic carbocycles. The topological polar surface area (TPSA) is 41.1 Å². The van der Waals surface area contributed by atoms with Crippen molar-refractivity contribution in [1.82, 2.24) is 5.32 Å². The van der Waals surface area contributed by atoms with Gasteiger partial charge in [-0.3, -0.25) is 0 Å². The normalized spacial score (nSPS) is 10.2. The lowest BCUT2D eigenvalue weighted by atomic mass is 10.1. The molecular formula is C16H16F2N2O. The zero-order chi connectivity index (χ0) is 15.2. The third-order valence-corrected chi connectivity index (χ3v) is 3.00. The summed E-state index contributed by atoms with van der Waals surface area (Å²) in [6.07, 6.45) is 0.680. The minimum Gasteiger partial charge on any atom is -0.338 e. The zero-order valence-corrected chi connectivity index (χ0v) is 11.6. The molecule has 21 heavy (non-hydrogen) atoms. The van der Waals surface area contributed by atoms with Gasteiger partial charge in [0.05, 0.1) is 5.69 Å². The maximum absolute atomic E-state index is 13.4. The second-order valence-electron chi connectivity index (χ2n) is 4.74. The van der Waals surface area contributed by atoms with Crippen LogP contribution in [0.3, 0.4) is 0 Å². The van der Waals surface area contributed by atoms with Crippen molar-refractivity contribution in [3.8, 4) is 0 Å². The second kappa shape index (κ2) is 6.83. The van der Waals surface area contributed by atoms with Gasteiger partial charge in [0, 0.05) is 12.6 Å². The first-order valence-corrected chi connectivity index (χ1v) is 6.60. The molecule has 0 atom stereocenters. The molecule has 0 aliphatic rings. The third kappa shape index (κ3) is 4.56. The van der Waals surface area contributed by atoms with E-state index in [-0.39, 0.29) is 5.69 Å². The maximum atomic E-state index is 13.4. The van der Waals surface area contributed by atoms with Crippen LogP contribution in [0.2, 0.25) is 0 Å². The van der Waals surface area contributed by atoms with E-state index in [9.17, 15) is 13.6 Å². The van der Waals surface area contributed by atoms with Gasteiger partial charge in [0.1, 0.15) is 11.6 Å². The maximum Gasteiger partial charge on any atom is 0.319 e. The number of carbonyl (C=O) groups excluding carboxylic acids is 1. The molecule has 3 nitrogen and oxygen atoms in total. The van der Waals surface area contributed by atoms with Gasteiger partial charge in [0.15, 0.2) is 0 Å². The Labute approximate surface area is 122 Å². The fourth-order valence-corrected chi connectivity index (χ4v) is 1.83. The Morgan fingerprint density at radius 1 is 1.10 bits per heavy atom. The number of carbonyl (C=O) groups is 1. The van der Waals surface area contributed by atoms with E-state index in [0.717, 1.165) is 17.7 Å². The first-order valence-electron chi connectivity index (χ1n) is 6.60. The van der Waals surface area contributed by atoms with E-state index in [1.807, 2.05) is 31.2 Å². The molecule has 0 aliphatic carbocycles. The molecule has 0 aliphatic heterocycles. The fraction of sp³-hybridized carbons (Fsp3) is 0.188. The smallest absolute Gasteiger partial charge is 0.319 e. The van der Waals surface area contributed by atoms with Crippen molar-refractivity contribution >= 4 is 11.7 Å². The van der Waals surface area contributed by atoms with Gasteiger partial charge in [0.2, 0.25) is 0 Å². The summed E-state index contributed by atoms with van der Waals surface area (Å²) in [5, 5.41) is 4.97. The highest BCUT2D eigenvalue weighted by Crippen LogP contribution is 2.14. The Morgan fingerprint density at radius 2 is 1.81 bits per heavy atom. The SMILES string of the molecule is Cc1ccc(CCNC(=O)Nc2ccc(F)cc2F)cc1. The Hall–Kier alpha value is -2.43. The number of benzene rings is 2. The molecule has 5 heteroatoms. The Balaban J connectivity index is 1.81. The van der Waals surface area contributed by atoms with Crippen LogP contribution < -0.4 is 10.6 Å². The van der Waals surface area contributed by atoms with Crippen molar-refractivity contribution < 1.29 is 13.6 Å². The largest absolute Gasteiger partial charge is 0.338 e. The predicted octanol–water partition coefficient (Wildman–Crippen LogP) is 3.64. The van der Waals surface area contributed by atoms with Gasteiger partial charge in [-0.2, -0.15) is 0 Å². The molecule has 2 amide bonds. The van der Waals surface area contributed by atoms with Crippen LogP contribution in [-0.2, 0) is 6.42 Å². The Morgan fingerprint density at radius 3 is 2.48 bits per heavy atom. The minimum atomic E-state index is -0.802. The molecule has 2 rings (SSSR count). The van der Waals surface area contributed by atoms with Crippen molar-refractivity contribution in [1.29, 1.82) is 0 Å². The van der Waals surface area contributed by atoms with Crippen molar-refractivity contribution in [3.05, 3.63) is 65.2 Å². The number of hydrogen-bond acceptors (Lipinski definition) is 1. The van der Waals surface area contributed by atoms with E-state index in [1.165, 1.54) is 11.6 Å². The molecule has 2 N–H and O–H groups in total. The van der Waals surface area contributed by atoms with Crippen LogP contribution in [0.5, 0.6) is 0 Å². The van der Waals surface area contributed by atoms with Gasteiger partial charge in [-0.1, -0.05) is 29.8 Å². The molecule has 0 saturated carbocycles. The van der Waals surface area contributed by atoms with Crippen LogP contribution in [0.1, 0.15) is 11.1 Å². The van der Waals surface area contributed by atoms with Gasteiger partial charge in [-0.15, -0.1) is 0 Å². The molecule has 0 radical (unpaired) electrons. The second-order valence-corrected chi connectivity index (χ2v) is 4.74. The van der Waals surface area contributed by atoms with E-state index < -0.39 is 17.7 Å². The third-order valence-electron chi connectivity index (χ3n) is 3.00. The molecule has 0 unspecified atom stereocenters. The van der Waals surface area contributed by atoms with Gasteiger partial charge in [-0.25, -0.2) is 13.6 Å².